The number of nitriles is 1. The highest BCUT2D eigenvalue weighted by Gasteiger charge is 2.22. The van der Waals surface area contributed by atoms with Crippen LogP contribution in [-0.2, 0) is 10.0 Å². The fourth-order valence-corrected chi connectivity index (χ4v) is 3.09. The number of benzene rings is 1. The number of hydrogen-bond donors (Lipinski definition) is 0. The molecule has 1 aromatic rings. The number of sulfonamides is 1. The van der Waals surface area contributed by atoms with Gasteiger partial charge in [0.05, 0.1) is 16.5 Å². The highest BCUT2D eigenvalue weighted by molar-refractivity contribution is 7.89. The summed E-state index contributed by atoms with van der Waals surface area (Å²) < 4.78 is 26.0. The van der Waals surface area contributed by atoms with Gasteiger partial charge < -0.3 is 0 Å². The molecule has 0 aromatic heterocycles. The monoisotopic (exact) mass is 266 g/mol. The zero-order chi connectivity index (χ0) is 13.8. The smallest absolute Gasteiger partial charge is 0.207 e. The average Bonchev–Trinajstić information content (AvgIpc) is 2.35. The lowest BCUT2D eigenvalue weighted by Gasteiger charge is -2.18. The standard InChI is InChI=1S/C13H18N2O2S/c1-4-5-8-15(3)18(16,17)13-7-6-12(10-14)9-11(13)2/h6-7,9H,4-5,8H2,1-3H3. The van der Waals surface area contributed by atoms with E-state index in [1.54, 1.807) is 20.0 Å². The first kappa shape index (κ1) is 14.7. The zero-order valence-electron chi connectivity index (χ0n) is 11.0. The van der Waals surface area contributed by atoms with Gasteiger partial charge in [-0.05, 0) is 37.1 Å². The first-order valence-corrected chi connectivity index (χ1v) is 7.34. The first-order valence-electron chi connectivity index (χ1n) is 5.90. The van der Waals surface area contributed by atoms with E-state index in [0.717, 1.165) is 12.8 Å². The Morgan fingerprint density at radius 1 is 1.39 bits per heavy atom. The highest BCUT2D eigenvalue weighted by Crippen LogP contribution is 2.20. The molecule has 0 bridgehead atoms. The van der Waals surface area contributed by atoms with Gasteiger partial charge in [-0.25, -0.2) is 12.7 Å². The third kappa shape index (κ3) is 3.09. The number of aryl methyl sites for hydroxylation is 1. The van der Waals surface area contributed by atoms with Gasteiger partial charge in [-0.15, -0.1) is 0 Å². The van der Waals surface area contributed by atoms with Crippen LogP contribution in [0.25, 0.3) is 0 Å². The average molecular weight is 266 g/mol. The summed E-state index contributed by atoms with van der Waals surface area (Å²) in [4.78, 5) is 0.278. The molecule has 0 saturated carbocycles. The Morgan fingerprint density at radius 2 is 2.06 bits per heavy atom. The molecule has 98 valence electrons. The van der Waals surface area contributed by atoms with Crippen LogP contribution in [0, 0.1) is 18.3 Å². The van der Waals surface area contributed by atoms with E-state index in [2.05, 4.69) is 0 Å². The number of nitrogens with zero attached hydrogens (tertiary/aromatic N) is 2. The van der Waals surface area contributed by atoms with E-state index in [0.29, 0.717) is 17.7 Å². The van der Waals surface area contributed by atoms with Crippen LogP contribution in [0.5, 0.6) is 0 Å². The summed E-state index contributed by atoms with van der Waals surface area (Å²) in [6.07, 6.45) is 1.79. The second-order valence-electron chi connectivity index (χ2n) is 4.27. The van der Waals surface area contributed by atoms with Gasteiger partial charge in [0.1, 0.15) is 0 Å². The molecular formula is C13H18N2O2S. The summed E-state index contributed by atoms with van der Waals surface area (Å²) in [6.45, 7) is 4.24. The molecule has 0 radical (unpaired) electrons. The van der Waals surface area contributed by atoms with Crippen molar-refractivity contribution in [2.45, 2.75) is 31.6 Å². The maximum atomic E-state index is 12.3. The van der Waals surface area contributed by atoms with Gasteiger partial charge in [0.2, 0.25) is 10.0 Å². The van der Waals surface area contributed by atoms with Crippen molar-refractivity contribution in [1.29, 1.82) is 5.26 Å². The second-order valence-corrected chi connectivity index (χ2v) is 6.29. The van der Waals surface area contributed by atoms with Crippen LogP contribution >= 0.6 is 0 Å². The normalized spacial score (nSPS) is 11.5. The van der Waals surface area contributed by atoms with Crippen LogP contribution < -0.4 is 0 Å². The van der Waals surface area contributed by atoms with Crippen LogP contribution in [0.2, 0.25) is 0 Å². The fraction of sp³-hybridized carbons (Fsp3) is 0.462. The third-order valence-corrected chi connectivity index (χ3v) is 4.84. The van der Waals surface area contributed by atoms with Crippen molar-refractivity contribution in [2.75, 3.05) is 13.6 Å². The second kappa shape index (κ2) is 5.98. The van der Waals surface area contributed by atoms with Gasteiger partial charge in [-0.3, -0.25) is 0 Å². The van der Waals surface area contributed by atoms with Gasteiger partial charge in [-0.2, -0.15) is 5.26 Å². The van der Waals surface area contributed by atoms with Gasteiger partial charge in [-0.1, -0.05) is 13.3 Å². The van der Waals surface area contributed by atoms with Crippen LogP contribution in [0.4, 0.5) is 0 Å². The SMILES string of the molecule is CCCCN(C)S(=O)(=O)c1ccc(C#N)cc1C. The number of hydrogen-bond acceptors (Lipinski definition) is 3. The molecule has 0 aliphatic carbocycles. The largest absolute Gasteiger partial charge is 0.243 e. The quantitative estimate of drug-likeness (QED) is 0.821. The van der Waals surface area contributed by atoms with E-state index in [9.17, 15) is 8.42 Å². The molecule has 0 heterocycles. The molecule has 0 N–H and O–H groups in total. The van der Waals surface area contributed by atoms with Crippen LogP contribution in [0.1, 0.15) is 30.9 Å². The minimum atomic E-state index is -3.44. The van der Waals surface area contributed by atoms with Gasteiger partial charge in [0.15, 0.2) is 0 Å². The minimum Gasteiger partial charge on any atom is -0.207 e. The predicted octanol–water partition coefficient (Wildman–Crippen LogP) is 2.29. The van der Waals surface area contributed by atoms with E-state index in [4.69, 9.17) is 5.26 Å². The summed E-state index contributed by atoms with van der Waals surface area (Å²) in [5.74, 6) is 0. The molecule has 1 rings (SSSR count). The Labute approximate surface area is 109 Å². The molecule has 0 aliphatic heterocycles. The summed E-state index contributed by atoms with van der Waals surface area (Å²) >= 11 is 0. The molecule has 0 fully saturated rings. The van der Waals surface area contributed by atoms with Gasteiger partial charge in [0, 0.05) is 13.6 Å². The third-order valence-electron chi connectivity index (χ3n) is 2.82. The molecule has 0 unspecified atom stereocenters. The summed E-state index contributed by atoms with van der Waals surface area (Å²) in [5.41, 5.74) is 1.08. The molecule has 1 aromatic carbocycles. The van der Waals surface area contributed by atoms with E-state index in [1.165, 1.54) is 16.4 Å². The summed E-state index contributed by atoms with van der Waals surface area (Å²) in [6, 6.07) is 6.64. The topological polar surface area (TPSA) is 61.2 Å². The van der Waals surface area contributed by atoms with E-state index < -0.39 is 10.0 Å². The zero-order valence-corrected chi connectivity index (χ0v) is 11.8. The Hall–Kier alpha value is -1.38. The molecule has 5 heteroatoms. The molecule has 0 aliphatic rings. The Balaban J connectivity index is 3.09. The molecule has 0 amide bonds. The van der Waals surface area contributed by atoms with Gasteiger partial charge >= 0.3 is 0 Å². The Morgan fingerprint density at radius 3 is 2.56 bits per heavy atom. The summed E-state index contributed by atoms with van der Waals surface area (Å²) in [5, 5.41) is 8.77. The van der Waals surface area contributed by atoms with Crippen LogP contribution in [0.15, 0.2) is 23.1 Å². The first-order chi connectivity index (χ1) is 8.43. The lowest BCUT2D eigenvalue weighted by Crippen LogP contribution is -2.28. The van der Waals surface area contributed by atoms with Crippen LogP contribution in [0.3, 0.4) is 0 Å². The minimum absolute atomic E-state index is 0.278. The maximum Gasteiger partial charge on any atom is 0.243 e. The molecule has 0 atom stereocenters. The fourth-order valence-electron chi connectivity index (χ4n) is 1.68. The highest BCUT2D eigenvalue weighted by atomic mass is 32.2. The van der Waals surface area contributed by atoms with Crippen molar-refractivity contribution < 1.29 is 8.42 Å². The van der Waals surface area contributed by atoms with Crippen molar-refractivity contribution in [3.8, 4) is 6.07 Å². The molecule has 18 heavy (non-hydrogen) atoms. The van der Waals surface area contributed by atoms with E-state index in [-0.39, 0.29) is 4.90 Å². The van der Waals surface area contributed by atoms with E-state index >= 15 is 0 Å². The van der Waals surface area contributed by atoms with Crippen molar-refractivity contribution >= 4 is 10.0 Å². The van der Waals surface area contributed by atoms with Crippen LogP contribution in [-0.4, -0.2) is 26.3 Å². The lowest BCUT2D eigenvalue weighted by molar-refractivity contribution is 0.459. The number of unbranched alkanes of at least 4 members (excludes halogenated alkanes) is 1. The molecule has 4 nitrogen and oxygen atoms in total. The predicted molar refractivity (Wildman–Crippen MR) is 70.6 cm³/mol. The Kier molecular flexibility index (Phi) is 4.88. The number of rotatable bonds is 5. The van der Waals surface area contributed by atoms with Crippen molar-refractivity contribution in [3.63, 3.8) is 0 Å². The summed E-state index contributed by atoms with van der Waals surface area (Å²) in [7, 11) is -1.86. The van der Waals surface area contributed by atoms with E-state index in [1.807, 2.05) is 13.0 Å². The van der Waals surface area contributed by atoms with Crippen molar-refractivity contribution in [3.05, 3.63) is 29.3 Å². The van der Waals surface area contributed by atoms with Gasteiger partial charge in [0.25, 0.3) is 0 Å². The Bertz CT molecular complexity index is 559. The molecular weight excluding hydrogens is 248 g/mol. The molecule has 0 spiro atoms. The van der Waals surface area contributed by atoms with Crippen molar-refractivity contribution in [1.82, 2.24) is 4.31 Å². The maximum absolute atomic E-state index is 12.3. The lowest BCUT2D eigenvalue weighted by atomic mass is 10.2. The molecule has 0 saturated heterocycles. The van der Waals surface area contributed by atoms with Crippen molar-refractivity contribution in [2.24, 2.45) is 0 Å².